The van der Waals surface area contributed by atoms with Gasteiger partial charge in [-0.25, -0.2) is 4.79 Å². The van der Waals surface area contributed by atoms with Gasteiger partial charge in [0.1, 0.15) is 11.7 Å². The van der Waals surface area contributed by atoms with Crippen molar-refractivity contribution in [2.45, 2.75) is 11.4 Å². The average molecular weight is 248 g/mol. The number of hydrogen-bond acceptors (Lipinski definition) is 6. The zero-order valence-electron chi connectivity index (χ0n) is 8.21. The van der Waals surface area contributed by atoms with Gasteiger partial charge in [-0.05, 0) is 5.57 Å². The van der Waals surface area contributed by atoms with Crippen molar-refractivity contribution in [3.63, 3.8) is 0 Å². The van der Waals surface area contributed by atoms with Crippen LogP contribution in [0.15, 0.2) is 11.3 Å². The van der Waals surface area contributed by atoms with Crippen LogP contribution in [0.1, 0.15) is 0 Å². The van der Waals surface area contributed by atoms with Crippen molar-refractivity contribution in [2.24, 2.45) is 5.73 Å². The van der Waals surface area contributed by atoms with Crippen LogP contribution in [0.5, 0.6) is 0 Å². The number of carboxylic acid groups (broad SMARTS) is 2. The first-order chi connectivity index (χ1) is 7.47. The Morgan fingerprint density at radius 1 is 1.56 bits per heavy atom. The smallest absolute Gasteiger partial charge is 0.352 e. The monoisotopic (exact) mass is 248 g/mol. The maximum absolute atomic E-state index is 10.8. The highest BCUT2D eigenvalue weighted by atomic mass is 32.2. The second-order valence-electron chi connectivity index (χ2n) is 3.18. The lowest BCUT2D eigenvalue weighted by Crippen LogP contribution is -2.50. The van der Waals surface area contributed by atoms with Crippen LogP contribution in [0.25, 0.3) is 0 Å². The highest BCUT2D eigenvalue weighted by Gasteiger charge is 2.31. The number of nitrogens with one attached hydrogen (secondary N) is 1. The predicted octanol–water partition coefficient (Wildman–Crippen LogP) is -1.61. The summed E-state index contributed by atoms with van der Waals surface area (Å²) in [5.41, 5.74) is 5.54. The first-order valence-corrected chi connectivity index (χ1v) is 5.45. The molecule has 2 atom stereocenters. The molecule has 1 rings (SSSR count). The van der Waals surface area contributed by atoms with Gasteiger partial charge >= 0.3 is 11.9 Å². The second-order valence-corrected chi connectivity index (χ2v) is 4.31. The number of aliphatic carboxylic acids is 2. The molecule has 6 N–H and O–H groups in total. The van der Waals surface area contributed by atoms with Gasteiger partial charge in [-0.15, -0.1) is 11.8 Å². The van der Waals surface area contributed by atoms with Gasteiger partial charge in [0.05, 0.1) is 12.0 Å². The zero-order valence-corrected chi connectivity index (χ0v) is 9.03. The Labute approximate surface area is 95.3 Å². The Kier molecular flexibility index (Phi) is 4.16. The summed E-state index contributed by atoms with van der Waals surface area (Å²) < 4.78 is 0. The Morgan fingerprint density at radius 3 is 2.62 bits per heavy atom. The Hall–Kier alpha value is -1.25. The van der Waals surface area contributed by atoms with Crippen LogP contribution >= 0.6 is 11.8 Å². The number of carboxylic acids is 2. The van der Waals surface area contributed by atoms with Gasteiger partial charge < -0.3 is 26.4 Å². The van der Waals surface area contributed by atoms with Gasteiger partial charge in [0, 0.05) is 5.75 Å². The number of hydrogen-bond donors (Lipinski definition) is 5. The first kappa shape index (κ1) is 12.8. The molecule has 0 saturated carbocycles. The topological polar surface area (TPSA) is 133 Å². The average Bonchev–Trinajstić information content (AvgIpc) is 2.26. The van der Waals surface area contributed by atoms with E-state index in [9.17, 15) is 9.59 Å². The SMILES string of the molecule is N[C@H](C(=O)O)[C@@H]1NC(C(=O)O)=C(CO)CS1. The van der Waals surface area contributed by atoms with E-state index in [1.54, 1.807) is 0 Å². The van der Waals surface area contributed by atoms with Crippen LogP contribution in [-0.2, 0) is 9.59 Å². The molecule has 7 nitrogen and oxygen atoms in total. The molecule has 8 heteroatoms. The van der Waals surface area contributed by atoms with Gasteiger partial charge in [0.25, 0.3) is 0 Å². The lowest BCUT2D eigenvalue weighted by Gasteiger charge is -2.28. The molecule has 0 bridgehead atoms. The van der Waals surface area contributed by atoms with E-state index in [1.165, 1.54) is 0 Å². The molecular formula is C8H12N2O5S. The predicted molar refractivity (Wildman–Crippen MR) is 56.7 cm³/mol. The molecule has 0 aliphatic carbocycles. The fourth-order valence-corrected chi connectivity index (χ4v) is 2.35. The summed E-state index contributed by atoms with van der Waals surface area (Å²) in [6.07, 6.45) is 0. The van der Waals surface area contributed by atoms with Crippen molar-refractivity contribution in [2.75, 3.05) is 12.4 Å². The lowest BCUT2D eigenvalue weighted by atomic mass is 10.2. The maximum atomic E-state index is 10.8. The molecule has 0 radical (unpaired) electrons. The third-order valence-electron chi connectivity index (χ3n) is 2.09. The molecular weight excluding hydrogens is 236 g/mol. The van der Waals surface area contributed by atoms with Crippen molar-refractivity contribution in [3.8, 4) is 0 Å². The minimum absolute atomic E-state index is 0.164. The molecule has 0 saturated heterocycles. The van der Waals surface area contributed by atoms with Gasteiger partial charge in [-0.2, -0.15) is 0 Å². The fraction of sp³-hybridized carbons (Fsp3) is 0.500. The van der Waals surface area contributed by atoms with Crippen molar-refractivity contribution < 1.29 is 24.9 Å². The number of thioether (sulfide) groups is 1. The van der Waals surface area contributed by atoms with Gasteiger partial charge in [-0.1, -0.05) is 0 Å². The zero-order chi connectivity index (χ0) is 12.3. The molecule has 16 heavy (non-hydrogen) atoms. The molecule has 0 spiro atoms. The molecule has 0 unspecified atom stereocenters. The van der Waals surface area contributed by atoms with Crippen LogP contribution in [0, 0.1) is 0 Å². The van der Waals surface area contributed by atoms with Crippen LogP contribution in [0.4, 0.5) is 0 Å². The van der Waals surface area contributed by atoms with E-state index in [0.29, 0.717) is 5.57 Å². The quantitative estimate of drug-likeness (QED) is 0.401. The van der Waals surface area contributed by atoms with Gasteiger partial charge in [-0.3, -0.25) is 4.79 Å². The summed E-state index contributed by atoms with van der Waals surface area (Å²) in [6.45, 7) is -0.378. The van der Waals surface area contributed by atoms with E-state index in [0.717, 1.165) is 11.8 Å². The summed E-state index contributed by atoms with van der Waals surface area (Å²) in [7, 11) is 0. The maximum Gasteiger partial charge on any atom is 0.352 e. The van der Waals surface area contributed by atoms with Crippen LogP contribution in [0.2, 0.25) is 0 Å². The van der Waals surface area contributed by atoms with Crippen molar-refractivity contribution >= 4 is 23.7 Å². The van der Waals surface area contributed by atoms with Crippen molar-refractivity contribution in [1.29, 1.82) is 0 Å². The number of carbonyl (C=O) groups is 2. The van der Waals surface area contributed by atoms with Crippen LogP contribution in [-0.4, -0.2) is 51.0 Å². The molecule has 0 aromatic rings. The largest absolute Gasteiger partial charge is 0.480 e. The number of aliphatic hydroxyl groups is 1. The summed E-state index contributed by atoms with van der Waals surface area (Å²) in [5, 5.41) is 28.3. The molecule has 1 aliphatic rings. The van der Waals surface area contributed by atoms with Crippen LogP contribution < -0.4 is 11.1 Å². The van der Waals surface area contributed by atoms with Crippen molar-refractivity contribution in [1.82, 2.24) is 5.32 Å². The summed E-state index contributed by atoms with van der Waals surface area (Å²) in [5.74, 6) is -2.19. The molecule has 1 aliphatic heterocycles. The summed E-state index contributed by atoms with van der Waals surface area (Å²) in [4.78, 5) is 21.5. The molecule has 0 aromatic carbocycles. The number of rotatable bonds is 4. The van der Waals surface area contributed by atoms with Crippen LogP contribution in [0.3, 0.4) is 0 Å². The third-order valence-corrected chi connectivity index (χ3v) is 3.38. The Bertz CT molecular complexity index is 343. The molecule has 0 fully saturated rings. The molecule has 0 aromatic heterocycles. The minimum atomic E-state index is -1.23. The van der Waals surface area contributed by atoms with Crippen molar-refractivity contribution in [3.05, 3.63) is 11.3 Å². The summed E-state index contributed by atoms with van der Waals surface area (Å²) >= 11 is 1.16. The molecule has 1 heterocycles. The van der Waals surface area contributed by atoms with E-state index >= 15 is 0 Å². The fourth-order valence-electron chi connectivity index (χ4n) is 1.21. The van der Waals surface area contributed by atoms with E-state index < -0.39 is 23.4 Å². The van der Waals surface area contributed by atoms with E-state index in [4.69, 9.17) is 21.1 Å². The summed E-state index contributed by atoms with van der Waals surface area (Å²) in [6, 6.07) is -1.19. The van der Waals surface area contributed by atoms with E-state index in [1.807, 2.05) is 0 Å². The highest BCUT2D eigenvalue weighted by molar-refractivity contribution is 8.00. The van der Waals surface area contributed by atoms with Gasteiger partial charge in [0.2, 0.25) is 0 Å². The second kappa shape index (κ2) is 5.19. The Balaban J connectivity index is 2.84. The lowest BCUT2D eigenvalue weighted by molar-refractivity contribution is -0.139. The standard InChI is InChI=1S/C8H12N2O5S/c9-4(7(12)13)6-10-5(8(14)15)3(1-11)2-16-6/h4,6,10-11H,1-2,9H2,(H,12,13)(H,14,15)/t4-,6+/m0/s1. The molecule has 90 valence electrons. The first-order valence-electron chi connectivity index (χ1n) is 4.40. The highest BCUT2D eigenvalue weighted by Crippen LogP contribution is 2.23. The van der Waals surface area contributed by atoms with E-state index in [-0.39, 0.29) is 18.1 Å². The van der Waals surface area contributed by atoms with E-state index in [2.05, 4.69) is 5.32 Å². The minimum Gasteiger partial charge on any atom is -0.480 e. The number of nitrogens with two attached hydrogens (primary N) is 1. The van der Waals surface area contributed by atoms with Gasteiger partial charge in [0.15, 0.2) is 0 Å². The number of aliphatic hydroxyl groups excluding tert-OH is 1. The molecule has 0 amide bonds. The normalized spacial score (nSPS) is 22.5. The third kappa shape index (κ3) is 2.65. The Morgan fingerprint density at radius 2 is 2.19 bits per heavy atom.